The number of anilines is 1. The zero-order valence-electron chi connectivity index (χ0n) is 10.8. The summed E-state index contributed by atoms with van der Waals surface area (Å²) < 4.78 is 15.0. The van der Waals surface area contributed by atoms with Crippen LogP contribution in [0.15, 0.2) is 24.3 Å². The standard InChI is InChI=1S/C13H14FN5O/c14-9-3-1-4-10(7-9)16-13(20)15-8-12-18-17-11-5-2-6-19(11)12/h1,3-4,7H,2,5-6,8H2,(H2,15,16,20). The number of nitrogens with one attached hydrogen (secondary N) is 2. The lowest BCUT2D eigenvalue weighted by Crippen LogP contribution is -2.29. The molecule has 0 radical (unpaired) electrons. The van der Waals surface area contributed by atoms with Crippen molar-refractivity contribution in [2.24, 2.45) is 0 Å². The van der Waals surface area contributed by atoms with E-state index in [4.69, 9.17) is 0 Å². The molecule has 2 N–H and O–H groups in total. The van der Waals surface area contributed by atoms with Gasteiger partial charge in [0.15, 0.2) is 5.82 Å². The number of hydrogen-bond acceptors (Lipinski definition) is 3. The van der Waals surface area contributed by atoms with Gasteiger partial charge in [0, 0.05) is 18.7 Å². The minimum atomic E-state index is -0.397. The number of hydrogen-bond donors (Lipinski definition) is 2. The van der Waals surface area contributed by atoms with E-state index in [-0.39, 0.29) is 0 Å². The number of rotatable bonds is 3. The molecule has 0 unspecified atom stereocenters. The molecule has 0 spiro atoms. The Labute approximate surface area is 115 Å². The van der Waals surface area contributed by atoms with Crippen LogP contribution in [0.25, 0.3) is 0 Å². The Bertz CT molecular complexity index is 639. The van der Waals surface area contributed by atoms with Crippen molar-refractivity contribution >= 4 is 11.7 Å². The SMILES string of the molecule is O=C(NCc1nnc2n1CCC2)Nc1cccc(F)c1. The van der Waals surface area contributed by atoms with Crippen LogP contribution in [-0.2, 0) is 19.5 Å². The van der Waals surface area contributed by atoms with Gasteiger partial charge >= 0.3 is 6.03 Å². The number of aromatic nitrogens is 3. The highest BCUT2D eigenvalue weighted by molar-refractivity contribution is 5.89. The topological polar surface area (TPSA) is 71.8 Å². The molecule has 0 aliphatic carbocycles. The van der Waals surface area contributed by atoms with Crippen molar-refractivity contribution in [2.75, 3.05) is 5.32 Å². The van der Waals surface area contributed by atoms with E-state index in [1.807, 2.05) is 4.57 Å². The zero-order valence-corrected chi connectivity index (χ0v) is 10.8. The van der Waals surface area contributed by atoms with Crippen LogP contribution < -0.4 is 10.6 Å². The van der Waals surface area contributed by atoms with Gasteiger partial charge in [-0.25, -0.2) is 9.18 Å². The molecule has 0 bridgehead atoms. The van der Waals surface area contributed by atoms with E-state index in [1.54, 1.807) is 6.07 Å². The van der Waals surface area contributed by atoms with Gasteiger partial charge in [-0.3, -0.25) is 0 Å². The van der Waals surface area contributed by atoms with E-state index in [0.29, 0.717) is 12.2 Å². The smallest absolute Gasteiger partial charge is 0.319 e. The fourth-order valence-electron chi connectivity index (χ4n) is 2.24. The van der Waals surface area contributed by atoms with Crippen LogP contribution in [0.3, 0.4) is 0 Å². The average molecular weight is 275 g/mol. The van der Waals surface area contributed by atoms with E-state index in [1.165, 1.54) is 18.2 Å². The van der Waals surface area contributed by atoms with Crippen molar-refractivity contribution < 1.29 is 9.18 Å². The van der Waals surface area contributed by atoms with Gasteiger partial charge < -0.3 is 15.2 Å². The summed E-state index contributed by atoms with van der Waals surface area (Å²) in [6.07, 6.45) is 2.00. The zero-order chi connectivity index (χ0) is 13.9. The summed E-state index contributed by atoms with van der Waals surface area (Å²) in [7, 11) is 0. The van der Waals surface area contributed by atoms with Crippen molar-refractivity contribution in [1.82, 2.24) is 20.1 Å². The summed E-state index contributed by atoms with van der Waals surface area (Å²) in [5.74, 6) is 1.32. The van der Waals surface area contributed by atoms with Crippen molar-refractivity contribution in [1.29, 1.82) is 0 Å². The van der Waals surface area contributed by atoms with Crippen molar-refractivity contribution in [3.8, 4) is 0 Å². The number of aryl methyl sites for hydroxylation is 1. The fourth-order valence-corrected chi connectivity index (χ4v) is 2.24. The number of benzene rings is 1. The molecular formula is C13H14FN5O. The number of amides is 2. The van der Waals surface area contributed by atoms with Gasteiger partial charge in [0.25, 0.3) is 0 Å². The van der Waals surface area contributed by atoms with Crippen molar-refractivity contribution in [3.63, 3.8) is 0 Å². The van der Waals surface area contributed by atoms with Gasteiger partial charge in [-0.1, -0.05) is 6.07 Å². The second kappa shape index (κ2) is 5.28. The number of urea groups is 1. The van der Waals surface area contributed by atoms with Crippen LogP contribution in [0.2, 0.25) is 0 Å². The first kappa shape index (κ1) is 12.6. The summed E-state index contributed by atoms with van der Waals surface area (Å²) in [5, 5.41) is 13.4. The molecule has 1 aliphatic rings. The maximum absolute atomic E-state index is 13.0. The average Bonchev–Trinajstić information content (AvgIpc) is 2.99. The molecule has 0 atom stereocenters. The van der Waals surface area contributed by atoms with Crippen LogP contribution in [0, 0.1) is 5.82 Å². The Morgan fingerprint density at radius 1 is 1.40 bits per heavy atom. The predicted octanol–water partition coefficient (Wildman–Crippen LogP) is 1.69. The molecular weight excluding hydrogens is 261 g/mol. The first-order valence-corrected chi connectivity index (χ1v) is 6.44. The van der Waals surface area contributed by atoms with Crippen LogP contribution in [0.4, 0.5) is 14.9 Å². The number of halogens is 1. The van der Waals surface area contributed by atoms with Crippen LogP contribution in [-0.4, -0.2) is 20.8 Å². The minimum absolute atomic E-state index is 0.300. The maximum atomic E-state index is 13.0. The molecule has 6 nitrogen and oxygen atoms in total. The molecule has 0 saturated heterocycles. The summed E-state index contributed by atoms with van der Waals surface area (Å²) in [4.78, 5) is 11.7. The predicted molar refractivity (Wildman–Crippen MR) is 70.6 cm³/mol. The molecule has 0 fully saturated rings. The fraction of sp³-hybridized carbons (Fsp3) is 0.308. The summed E-state index contributed by atoms with van der Waals surface area (Å²) >= 11 is 0. The van der Waals surface area contributed by atoms with Gasteiger partial charge in [-0.15, -0.1) is 10.2 Å². The molecule has 1 aliphatic heterocycles. The normalized spacial score (nSPS) is 13.1. The molecule has 3 rings (SSSR count). The van der Waals surface area contributed by atoms with Gasteiger partial charge in [-0.05, 0) is 24.6 Å². The van der Waals surface area contributed by atoms with E-state index < -0.39 is 11.8 Å². The molecule has 2 heterocycles. The Balaban J connectivity index is 1.57. The molecule has 2 amide bonds. The maximum Gasteiger partial charge on any atom is 0.319 e. The van der Waals surface area contributed by atoms with E-state index in [9.17, 15) is 9.18 Å². The number of carbonyl (C=O) groups is 1. The summed E-state index contributed by atoms with van der Waals surface area (Å²) in [6.45, 7) is 1.19. The monoisotopic (exact) mass is 275 g/mol. The lowest BCUT2D eigenvalue weighted by molar-refractivity contribution is 0.251. The second-order valence-electron chi connectivity index (χ2n) is 4.61. The van der Waals surface area contributed by atoms with Crippen LogP contribution in [0.1, 0.15) is 18.1 Å². The Morgan fingerprint density at radius 2 is 2.30 bits per heavy atom. The number of nitrogens with zero attached hydrogens (tertiary/aromatic N) is 3. The number of carbonyl (C=O) groups excluding carboxylic acids is 1. The molecule has 2 aromatic rings. The third-order valence-corrected chi connectivity index (χ3v) is 3.18. The highest BCUT2D eigenvalue weighted by atomic mass is 19.1. The molecule has 0 saturated carbocycles. The highest BCUT2D eigenvalue weighted by Gasteiger charge is 2.17. The molecule has 1 aromatic carbocycles. The quantitative estimate of drug-likeness (QED) is 0.895. The minimum Gasteiger partial charge on any atom is -0.331 e. The van der Waals surface area contributed by atoms with Gasteiger partial charge in [0.2, 0.25) is 0 Å². The lowest BCUT2D eigenvalue weighted by Gasteiger charge is -2.07. The first-order chi connectivity index (χ1) is 9.72. The molecule has 7 heteroatoms. The largest absolute Gasteiger partial charge is 0.331 e. The van der Waals surface area contributed by atoms with Gasteiger partial charge in [-0.2, -0.15) is 0 Å². The molecule has 20 heavy (non-hydrogen) atoms. The van der Waals surface area contributed by atoms with E-state index in [2.05, 4.69) is 20.8 Å². The van der Waals surface area contributed by atoms with Crippen molar-refractivity contribution in [3.05, 3.63) is 41.7 Å². The van der Waals surface area contributed by atoms with Gasteiger partial charge in [0.1, 0.15) is 11.6 Å². The van der Waals surface area contributed by atoms with E-state index >= 15 is 0 Å². The van der Waals surface area contributed by atoms with E-state index in [0.717, 1.165) is 31.0 Å². The van der Waals surface area contributed by atoms with Crippen molar-refractivity contribution in [2.45, 2.75) is 25.9 Å². The van der Waals surface area contributed by atoms with Crippen LogP contribution >= 0.6 is 0 Å². The Kier molecular flexibility index (Phi) is 3.32. The Morgan fingerprint density at radius 3 is 3.15 bits per heavy atom. The Hall–Kier alpha value is -2.44. The second-order valence-corrected chi connectivity index (χ2v) is 4.61. The summed E-state index contributed by atoms with van der Waals surface area (Å²) in [6, 6.07) is 5.34. The third kappa shape index (κ3) is 2.61. The van der Waals surface area contributed by atoms with Gasteiger partial charge in [0.05, 0.1) is 6.54 Å². The highest BCUT2D eigenvalue weighted by Crippen LogP contribution is 2.13. The summed E-state index contributed by atoms with van der Waals surface area (Å²) in [5.41, 5.74) is 0.411. The number of fused-ring (bicyclic) bond motifs is 1. The molecule has 104 valence electrons. The third-order valence-electron chi connectivity index (χ3n) is 3.18. The van der Waals surface area contributed by atoms with Crippen LogP contribution in [0.5, 0.6) is 0 Å². The first-order valence-electron chi connectivity index (χ1n) is 6.44. The lowest BCUT2D eigenvalue weighted by atomic mass is 10.3. The molecule has 1 aromatic heterocycles.